The van der Waals surface area contributed by atoms with Crippen LogP contribution in [-0.4, -0.2) is 34.7 Å². The van der Waals surface area contributed by atoms with Crippen molar-refractivity contribution in [3.63, 3.8) is 0 Å². The van der Waals surface area contributed by atoms with Crippen molar-refractivity contribution in [1.29, 1.82) is 0 Å². The van der Waals surface area contributed by atoms with E-state index >= 15 is 0 Å². The van der Waals surface area contributed by atoms with E-state index in [-0.39, 0.29) is 5.82 Å². The number of rotatable bonds is 3. The fourth-order valence-electron chi connectivity index (χ4n) is 4.27. The Morgan fingerprint density at radius 1 is 1.00 bits per heavy atom. The Labute approximate surface area is 188 Å². The number of hydrogen-bond donors (Lipinski definition) is 2. The molecule has 0 amide bonds. The zero-order chi connectivity index (χ0) is 22.7. The average molecular weight is 437 g/mol. The number of pyridine rings is 2. The molecule has 6 rings (SSSR count). The predicted octanol–water partition coefficient (Wildman–Crippen LogP) is 5.32. The van der Waals surface area contributed by atoms with Crippen LogP contribution in [0.4, 0.5) is 4.39 Å². The third-order valence-corrected chi connectivity index (χ3v) is 6.03. The molecule has 5 heterocycles. The van der Waals surface area contributed by atoms with Gasteiger partial charge in [-0.3, -0.25) is 5.10 Å². The van der Waals surface area contributed by atoms with E-state index in [1.54, 1.807) is 12.3 Å². The molecule has 0 aliphatic carbocycles. The van der Waals surface area contributed by atoms with Gasteiger partial charge in [-0.05, 0) is 66.9 Å². The van der Waals surface area contributed by atoms with Crippen LogP contribution in [0.1, 0.15) is 11.4 Å². The topological polar surface area (TPSA) is 88.1 Å². The van der Waals surface area contributed by atoms with Gasteiger partial charge in [0.15, 0.2) is 0 Å². The van der Waals surface area contributed by atoms with Crippen LogP contribution in [0.15, 0.2) is 54.9 Å². The normalized spacial score (nSPS) is 11.6. The number of aromatic nitrogens is 7. The fourth-order valence-corrected chi connectivity index (χ4v) is 4.27. The number of halogens is 1. The molecule has 1 aromatic carbocycles. The van der Waals surface area contributed by atoms with E-state index in [2.05, 4.69) is 25.1 Å². The van der Waals surface area contributed by atoms with Gasteiger partial charge in [0, 0.05) is 18.6 Å². The summed E-state index contributed by atoms with van der Waals surface area (Å²) in [7, 11) is 1.97. The first-order valence-corrected chi connectivity index (χ1v) is 10.6. The molecule has 0 unspecified atom stereocenters. The van der Waals surface area contributed by atoms with Crippen molar-refractivity contribution < 1.29 is 4.39 Å². The van der Waals surface area contributed by atoms with Crippen molar-refractivity contribution in [2.24, 2.45) is 7.05 Å². The minimum absolute atomic E-state index is 0.258. The Morgan fingerprint density at radius 2 is 1.88 bits per heavy atom. The lowest BCUT2D eigenvalue weighted by atomic mass is 10.0. The molecule has 0 aliphatic rings. The number of hydrogen-bond acceptors (Lipinski definition) is 4. The molecule has 0 bridgehead atoms. The van der Waals surface area contributed by atoms with Crippen molar-refractivity contribution in [3.8, 4) is 33.9 Å². The van der Waals surface area contributed by atoms with Crippen LogP contribution in [0, 0.1) is 19.7 Å². The lowest BCUT2D eigenvalue weighted by Gasteiger charge is -2.05. The van der Waals surface area contributed by atoms with Gasteiger partial charge in [0.25, 0.3) is 0 Å². The number of fused-ring (bicyclic) bond motifs is 2. The van der Waals surface area contributed by atoms with E-state index in [0.29, 0.717) is 11.3 Å². The Kier molecular flexibility index (Phi) is 4.16. The maximum absolute atomic E-state index is 14.1. The Hall–Kier alpha value is -4.33. The molecule has 0 aliphatic heterocycles. The summed E-state index contributed by atoms with van der Waals surface area (Å²) in [6.07, 6.45) is 3.55. The van der Waals surface area contributed by atoms with E-state index in [0.717, 1.165) is 56.0 Å². The van der Waals surface area contributed by atoms with Crippen molar-refractivity contribution >= 4 is 22.1 Å². The number of H-pyrrole nitrogens is 2. The van der Waals surface area contributed by atoms with Crippen LogP contribution < -0.4 is 0 Å². The molecule has 2 N–H and O–H groups in total. The van der Waals surface area contributed by atoms with Gasteiger partial charge in [0.1, 0.15) is 28.5 Å². The molecule has 0 atom stereocenters. The van der Waals surface area contributed by atoms with E-state index in [9.17, 15) is 4.39 Å². The summed E-state index contributed by atoms with van der Waals surface area (Å²) in [6, 6.07) is 12.9. The first kappa shape index (κ1) is 19.4. The largest absolute Gasteiger partial charge is 0.338 e. The molecule has 0 saturated heterocycles. The quantitative estimate of drug-likeness (QED) is 0.392. The fraction of sp³-hybridized carbons (Fsp3) is 0.120. The van der Waals surface area contributed by atoms with E-state index < -0.39 is 0 Å². The Morgan fingerprint density at radius 3 is 2.67 bits per heavy atom. The van der Waals surface area contributed by atoms with E-state index in [1.165, 1.54) is 6.07 Å². The molecular weight excluding hydrogens is 417 g/mol. The number of aryl methyl sites for hydroxylation is 2. The average Bonchev–Trinajstić information content (AvgIpc) is 3.49. The summed E-state index contributed by atoms with van der Waals surface area (Å²) in [6.45, 7) is 3.84. The third-order valence-electron chi connectivity index (χ3n) is 6.03. The highest BCUT2D eigenvalue weighted by atomic mass is 19.1. The summed E-state index contributed by atoms with van der Waals surface area (Å²) in [5.74, 6) is 0.660. The molecule has 162 valence electrons. The number of nitrogens with zero attached hydrogens (tertiary/aromatic N) is 5. The monoisotopic (exact) mass is 437 g/mol. The summed E-state index contributed by atoms with van der Waals surface area (Å²) >= 11 is 0. The van der Waals surface area contributed by atoms with Gasteiger partial charge in [-0.25, -0.2) is 19.3 Å². The molecular formula is C25H20FN7. The number of imidazole rings is 1. The zero-order valence-corrected chi connectivity index (χ0v) is 18.3. The van der Waals surface area contributed by atoms with Crippen LogP contribution in [0.2, 0.25) is 0 Å². The summed E-state index contributed by atoms with van der Waals surface area (Å²) in [4.78, 5) is 17.1. The molecule has 0 radical (unpaired) electrons. The zero-order valence-electron chi connectivity index (χ0n) is 18.3. The minimum Gasteiger partial charge on any atom is -0.338 e. The highest BCUT2D eigenvalue weighted by Crippen LogP contribution is 2.34. The molecule has 33 heavy (non-hydrogen) atoms. The summed E-state index contributed by atoms with van der Waals surface area (Å²) < 4.78 is 16.1. The van der Waals surface area contributed by atoms with Crippen LogP contribution >= 0.6 is 0 Å². The van der Waals surface area contributed by atoms with Gasteiger partial charge >= 0.3 is 0 Å². The standard InChI is InChI=1S/C25H20FN7/c1-13-8-15(10-16(26)9-13)17-6-7-27-25-18(17)11-21(30-25)24-23-20(31-32-24)5-4-19(29-23)22-12-28-14(2)33(22)3/h4-12H,1-3H3,(H,27,30)(H,31,32). The van der Waals surface area contributed by atoms with Crippen molar-refractivity contribution in [1.82, 2.24) is 34.7 Å². The van der Waals surface area contributed by atoms with Crippen LogP contribution in [-0.2, 0) is 7.05 Å². The third kappa shape index (κ3) is 3.10. The highest BCUT2D eigenvalue weighted by Gasteiger charge is 2.17. The lowest BCUT2D eigenvalue weighted by molar-refractivity contribution is 0.627. The molecule has 8 heteroatoms. The van der Waals surface area contributed by atoms with Gasteiger partial charge < -0.3 is 9.55 Å². The van der Waals surface area contributed by atoms with Crippen molar-refractivity contribution in [2.45, 2.75) is 13.8 Å². The molecule has 0 spiro atoms. The molecule has 5 aromatic heterocycles. The SMILES string of the molecule is Cc1cc(F)cc(-c2ccnc3[nH]c(-c4n[nH]c5ccc(-c6cnc(C)n6C)nc45)cc23)c1. The van der Waals surface area contributed by atoms with Crippen LogP contribution in [0.25, 0.3) is 56.0 Å². The second kappa shape index (κ2) is 7.09. The van der Waals surface area contributed by atoms with E-state index in [1.807, 2.05) is 62.0 Å². The number of benzene rings is 1. The number of nitrogens with one attached hydrogen (secondary N) is 2. The first-order chi connectivity index (χ1) is 16.0. The van der Waals surface area contributed by atoms with Gasteiger partial charge in [-0.15, -0.1) is 0 Å². The molecule has 7 nitrogen and oxygen atoms in total. The second-order valence-corrected chi connectivity index (χ2v) is 8.24. The van der Waals surface area contributed by atoms with Crippen molar-refractivity contribution in [3.05, 3.63) is 72.1 Å². The number of aromatic amines is 2. The smallest absolute Gasteiger partial charge is 0.138 e. The molecule has 0 fully saturated rings. The second-order valence-electron chi connectivity index (χ2n) is 8.24. The van der Waals surface area contributed by atoms with E-state index in [4.69, 9.17) is 4.98 Å². The summed E-state index contributed by atoms with van der Waals surface area (Å²) in [5, 5.41) is 8.49. The Balaban J connectivity index is 1.52. The van der Waals surface area contributed by atoms with Gasteiger partial charge in [0.05, 0.1) is 28.8 Å². The Bertz CT molecular complexity index is 1650. The van der Waals surface area contributed by atoms with Crippen LogP contribution in [0.5, 0.6) is 0 Å². The molecule has 6 aromatic rings. The van der Waals surface area contributed by atoms with Gasteiger partial charge in [0.2, 0.25) is 0 Å². The minimum atomic E-state index is -0.258. The van der Waals surface area contributed by atoms with Gasteiger partial charge in [-0.2, -0.15) is 5.10 Å². The predicted molar refractivity (Wildman–Crippen MR) is 126 cm³/mol. The van der Waals surface area contributed by atoms with Crippen LogP contribution in [0.3, 0.4) is 0 Å². The van der Waals surface area contributed by atoms with Crippen molar-refractivity contribution in [2.75, 3.05) is 0 Å². The summed E-state index contributed by atoms with van der Waals surface area (Å²) in [5.41, 5.74) is 8.11. The maximum Gasteiger partial charge on any atom is 0.138 e. The maximum atomic E-state index is 14.1. The molecule has 0 saturated carbocycles. The first-order valence-electron chi connectivity index (χ1n) is 10.6. The lowest BCUT2D eigenvalue weighted by Crippen LogP contribution is -1.96. The highest BCUT2D eigenvalue weighted by molar-refractivity contribution is 5.99. The van der Waals surface area contributed by atoms with Gasteiger partial charge in [-0.1, -0.05) is 6.07 Å².